The van der Waals surface area contributed by atoms with E-state index in [1.54, 1.807) is 30.3 Å². The summed E-state index contributed by atoms with van der Waals surface area (Å²) in [6, 6.07) is 16.4. The van der Waals surface area contributed by atoms with Crippen molar-refractivity contribution in [2.75, 3.05) is 18.5 Å². The van der Waals surface area contributed by atoms with E-state index in [1.165, 1.54) is 18.3 Å². The summed E-state index contributed by atoms with van der Waals surface area (Å²) in [6.07, 6.45) is 0. The fourth-order valence-electron chi connectivity index (χ4n) is 2.82. The van der Waals surface area contributed by atoms with Gasteiger partial charge in [0.05, 0.1) is 4.88 Å². The summed E-state index contributed by atoms with van der Waals surface area (Å²) in [4.78, 5) is 25.6. The number of thiophene rings is 1. The van der Waals surface area contributed by atoms with Crippen LogP contribution in [0.1, 0.15) is 27.0 Å². The first-order valence-corrected chi connectivity index (χ1v) is 9.34. The van der Waals surface area contributed by atoms with Gasteiger partial charge in [0, 0.05) is 16.1 Å². The largest absolute Gasteiger partial charge is 0.486 e. The zero-order chi connectivity index (χ0) is 18.8. The Morgan fingerprint density at radius 1 is 0.963 bits per heavy atom. The Morgan fingerprint density at radius 2 is 1.78 bits per heavy atom. The third-order valence-corrected chi connectivity index (χ3v) is 5.32. The smallest absolute Gasteiger partial charge is 0.265 e. The van der Waals surface area contributed by atoms with Gasteiger partial charge < -0.3 is 14.8 Å². The molecule has 27 heavy (non-hydrogen) atoms. The van der Waals surface area contributed by atoms with E-state index in [4.69, 9.17) is 9.47 Å². The lowest BCUT2D eigenvalue weighted by molar-refractivity contribution is 0.101. The zero-order valence-electron chi connectivity index (χ0n) is 14.7. The Kier molecular flexibility index (Phi) is 4.64. The molecule has 1 amide bonds. The normalized spacial score (nSPS) is 12.5. The molecule has 0 bridgehead atoms. The molecule has 1 N–H and O–H groups in total. The number of benzene rings is 2. The van der Waals surface area contributed by atoms with Crippen molar-refractivity contribution in [3.05, 3.63) is 65.0 Å². The fourth-order valence-corrected chi connectivity index (χ4v) is 3.72. The molecule has 4 rings (SSSR count). The van der Waals surface area contributed by atoms with Crippen LogP contribution in [0.25, 0.3) is 10.4 Å². The van der Waals surface area contributed by atoms with Crippen molar-refractivity contribution in [1.29, 1.82) is 0 Å². The van der Waals surface area contributed by atoms with Crippen molar-refractivity contribution in [2.45, 2.75) is 6.92 Å². The number of hydrogen-bond acceptors (Lipinski definition) is 5. The average Bonchev–Trinajstić information content (AvgIpc) is 3.18. The maximum absolute atomic E-state index is 12.5. The van der Waals surface area contributed by atoms with Crippen LogP contribution in [-0.2, 0) is 0 Å². The second-order valence-corrected chi connectivity index (χ2v) is 7.20. The van der Waals surface area contributed by atoms with Gasteiger partial charge in [0.2, 0.25) is 0 Å². The van der Waals surface area contributed by atoms with Gasteiger partial charge in [-0.25, -0.2) is 0 Å². The van der Waals surface area contributed by atoms with E-state index >= 15 is 0 Å². The van der Waals surface area contributed by atoms with E-state index in [-0.39, 0.29) is 11.7 Å². The summed E-state index contributed by atoms with van der Waals surface area (Å²) >= 11 is 1.40. The monoisotopic (exact) mass is 379 g/mol. The number of carbonyl (C=O) groups is 2. The van der Waals surface area contributed by atoms with E-state index in [0.29, 0.717) is 29.3 Å². The lowest BCUT2D eigenvalue weighted by Gasteiger charge is -2.18. The molecule has 1 aromatic heterocycles. The van der Waals surface area contributed by atoms with Gasteiger partial charge in [-0.3, -0.25) is 9.59 Å². The second kappa shape index (κ2) is 7.25. The van der Waals surface area contributed by atoms with Gasteiger partial charge in [0.1, 0.15) is 13.2 Å². The van der Waals surface area contributed by atoms with Crippen LogP contribution in [0.2, 0.25) is 0 Å². The Bertz CT molecular complexity index is 1020. The number of nitrogens with one attached hydrogen (secondary N) is 1. The van der Waals surface area contributed by atoms with Gasteiger partial charge in [-0.1, -0.05) is 12.1 Å². The van der Waals surface area contributed by atoms with Crippen molar-refractivity contribution in [2.24, 2.45) is 0 Å². The third kappa shape index (κ3) is 3.71. The van der Waals surface area contributed by atoms with E-state index in [0.717, 1.165) is 21.9 Å². The molecule has 6 heteroatoms. The van der Waals surface area contributed by atoms with Crippen LogP contribution < -0.4 is 14.8 Å². The molecular weight excluding hydrogens is 362 g/mol. The number of fused-ring (bicyclic) bond motifs is 1. The molecule has 0 unspecified atom stereocenters. The highest BCUT2D eigenvalue weighted by atomic mass is 32.1. The highest BCUT2D eigenvalue weighted by molar-refractivity contribution is 7.17. The molecule has 0 atom stereocenters. The van der Waals surface area contributed by atoms with Crippen LogP contribution in [-0.4, -0.2) is 24.9 Å². The fraction of sp³-hybridized carbons (Fsp3) is 0.143. The number of anilines is 1. The summed E-state index contributed by atoms with van der Waals surface area (Å²) in [5, 5.41) is 2.84. The summed E-state index contributed by atoms with van der Waals surface area (Å²) in [6.45, 7) is 2.59. The Hall–Kier alpha value is -3.12. The van der Waals surface area contributed by atoms with Gasteiger partial charge in [-0.05, 0) is 55.0 Å². The van der Waals surface area contributed by atoms with Crippen LogP contribution in [0, 0.1) is 0 Å². The SMILES string of the molecule is CC(=O)c1cccc(NC(=O)c2ccc(-c3ccc4c(c3)OCCO4)s2)c1. The maximum Gasteiger partial charge on any atom is 0.265 e. The Balaban J connectivity index is 1.53. The lowest BCUT2D eigenvalue weighted by Crippen LogP contribution is -2.15. The average molecular weight is 379 g/mol. The minimum Gasteiger partial charge on any atom is -0.486 e. The topological polar surface area (TPSA) is 64.6 Å². The molecule has 5 nitrogen and oxygen atoms in total. The van der Waals surface area contributed by atoms with Gasteiger partial charge in [0.15, 0.2) is 17.3 Å². The first kappa shape index (κ1) is 17.3. The van der Waals surface area contributed by atoms with Crippen LogP contribution in [0.15, 0.2) is 54.6 Å². The molecule has 1 aliphatic heterocycles. The Morgan fingerprint density at radius 3 is 2.59 bits per heavy atom. The molecule has 0 spiro atoms. The standard InChI is InChI=1S/C21H17NO4S/c1-13(23)14-3-2-4-16(11-14)22-21(24)20-8-7-19(27-20)15-5-6-17-18(12-15)26-10-9-25-17/h2-8,11-12H,9-10H2,1H3,(H,22,24). The quantitative estimate of drug-likeness (QED) is 0.671. The van der Waals surface area contributed by atoms with Gasteiger partial charge in [-0.2, -0.15) is 0 Å². The highest BCUT2D eigenvalue weighted by Crippen LogP contribution is 2.37. The van der Waals surface area contributed by atoms with Crippen molar-refractivity contribution >= 4 is 28.7 Å². The van der Waals surface area contributed by atoms with E-state index < -0.39 is 0 Å². The number of rotatable bonds is 4. The van der Waals surface area contributed by atoms with E-state index in [1.807, 2.05) is 24.3 Å². The number of ether oxygens (including phenoxy) is 2. The summed E-state index contributed by atoms with van der Waals surface area (Å²) in [5.74, 6) is 1.22. The first-order valence-electron chi connectivity index (χ1n) is 8.52. The zero-order valence-corrected chi connectivity index (χ0v) is 15.5. The number of amides is 1. The van der Waals surface area contributed by atoms with Crippen LogP contribution in [0.3, 0.4) is 0 Å². The number of Topliss-reactive ketones (excluding diaryl/α,β-unsaturated/α-hetero) is 1. The first-order chi connectivity index (χ1) is 13.1. The van der Waals surface area contributed by atoms with E-state index in [9.17, 15) is 9.59 Å². The van der Waals surface area contributed by atoms with Crippen molar-refractivity contribution in [1.82, 2.24) is 0 Å². The van der Waals surface area contributed by atoms with Gasteiger partial charge in [-0.15, -0.1) is 11.3 Å². The van der Waals surface area contributed by atoms with Gasteiger partial charge >= 0.3 is 0 Å². The summed E-state index contributed by atoms with van der Waals surface area (Å²) in [7, 11) is 0. The predicted molar refractivity (Wildman–Crippen MR) is 105 cm³/mol. The van der Waals surface area contributed by atoms with Gasteiger partial charge in [0.25, 0.3) is 5.91 Å². The minimum absolute atomic E-state index is 0.0388. The minimum atomic E-state index is -0.204. The molecule has 0 radical (unpaired) electrons. The Labute approximate surface area is 160 Å². The van der Waals surface area contributed by atoms with Crippen molar-refractivity contribution in [3.8, 4) is 21.9 Å². The molecular formula is C21H17NO4S. The molecule has 0 saturated heterocycles. The molecule has 2 aromatic carbocycles. The molecule has 2 heterocycles. The van der Waals surface area contributed by atoms with E-state index in [2.05, 4.69) is 5.32 Å². The third-order valence-electron chi connectivity index (χ3n) is 4.18. The molecule has 0 aliphatic carbocycles. The second-order valence-electron chi connectivity index (χ2n) is 6.11. The van der Waals surface area contributed by atoms with Crippen molar-refractivity contribution in [3.63, 3.8) is 0 Å². The summed E-state index contributed by atoms with van der Waals surface area (Å²) in [5.41, 5.74) is 2.14. The maximum atomic E-state index is 12.5. The van der Waals surface area contributed by atoms with Crippen LogP contribution in [0.4, 0.5) is 5.69 Å². The molecule has 3 aromatic rings. The number of hydrogen-bond donors (Lipinski definition) is 1. The molecule has 0 saturated carbocycles. The van der Waals surface area contributed by atoms with Crippen molar-refractivity contribution < 1.29 is 19.1 Å². The highest BCUT2D eigenvalue weighted by Gasteiger charge is 2.15. The molecule has 136 valence electrons. The predicted octanol–water partition coefficient (Wildman–Crippen LogP) is 4.64. The summed E-state index contributed by atoms with van der Waals surface area (Å²) < 4.78 is 11.2. The van der Waals surface area contributed by atoms with Crippen LogP contribution >= 0.6 is 11.3 Å². The molecule has 1 aliphatic rings. The molecule has 0 fully saturated rings. The number of ketones is 1. The lowest BCUT2D eigenvalue weighted by atomic mass is 10.1. The number of carbonyl (C=O) groups excluding carboxylic acids is 2. The van der Waals surface area contributed by atoms with Crippen LogP contribution in [0.5, 0.6) is 11.5 Å².